The molecule has 1 amide bonds. The fourth-order valence-electron chi connectivity index (χ4n) is 6.00. The number of carboxylic acid groups (broad SMARTS) is 1. The fraction of sp³-hybridized carbons (Fsp3) is 0.943. The molecule has 6 heteroatoms. The largest absolute Gasteiger partial charge is 0.480 e. The highest BCUT2D eigenvalue weighted by Gasteiger charge is 2.41. The lowest BCUT2D eigenvalue weighted by atomic mass is 9.86. The van der Waals surface area contributed by atoms with Gasteiger partial charge in [-0.3, -0.25) is 10.1 Å². The van der Waals surface area contributed by atoms with E-state index < -0.39 is 23.8 Å². The molecule has 2 unspecified atom stereocenters. The van der Waals surface area contributed by atoms with Gasteiger partial charge in [-0.2, -0.15) is 0 Å². The second-order valence-electron chi connectivity index (χ2n) is 12.7. The van der Waals surface area contributed by atoms with Gasteiger partial charge in [-0.05, 0) is 19.8 Å². The Hall–Kier alpha value is -1.30. The second kappa shape index (κ2) is 27.5. The minimum absolute atomic E-state index is 0.0207. The van der Waals surface area contributed by atoms with Gasteiger partial charge < -0.3 is 15.6 Å². The average Bonchev–Trinajstić information content (AvgIpc) is 2.93. The third kappa shape index (κ3) is 22.9. The van der Waals surface area contributed by atoms with E-state index in [9.17, 15) is 14.7 Å². The summed E-state index contributed by atoms with van der Waals surface area (Å²) in [6.07, 6.45) is 31.2. The van der Waals surface area contributed by atoms with Gasteiger partial charge in [0.2, 0.25) is 0 Å². The number of rotatable bonds is 31. The Bertz CT molecular complexity index is 615. The number of nitrogens with one attached hydrogen (secondary N) is 1. The topological polar surface area (TPSA) is 102 Å². The molecule has 0 aliphatic rings. The van der Waals surface area contributed by atoms with E-state index in [1.165, 1.54) is 122 Å². The molecule has 3 atom stereocenters. The first kappa shape index (κ1) is 39.7. The van der Waals surface area contributed by atoms with Crippen molar-refractivity contribution >= 4 is 12.1 Å². The van der Waals surface area contributed by atoms with Crippen LogP contribution in [0.25, 0.3) is 0 Å². The Labute approximate surface area is 254 Å². The van der Waals surface area contributed by atoms with E-state index in [0.717, 1.165) is 38.5 Å². The van der Waals surface area contributed by atoms with Crippen molar-refractivity contribution in [3.8, 4) is 0 Å². The van der Waals surface area contributed by atoms with E-state index in [-0.39, 0.29) is 5.92 Å². The molecule has 0 fully saturated rings. The van der Waals surface area contributed by atoms with Crippen LogP contribution in [-0.4, -0.2) is 28.9 Å². The third-order valence-corrected chi connectivity index (χ3v) is 8.80. The van der Waals surface area contributed by atoms with Gasteiger partial charge in [0.05, 0.1) is 0 Å². The second-order valence-corrected chi connectivity index (χ2v) is 12.7. The molecule has 0 aliphatic carbocycles. The quantitative estimate of drug-likeness (QED) is 0.0557. The first-order chi connectivity index (χ1) is 19.8. The van der Waals surface area contributed by atoms with Crippen LogP contribution in [0, 0.1) is 5.92 Å². The zero-order valence-corrected chi connectivity index (χ0v) is 27.8. The van der Waals surface area contributed by atoms with Crippen molar-refractivity contribution in [2.24, 2.45) is 11.7 Å². The highest BCUT2D eigenvalue weighted by atomic mass is 16.6. The number of nitrogens with two attached hydrogens (primary N) is 1. The van der Waals surface area contributed by atoms with Gasteiger partial charge in [-0.1, -0.05) is 168 Å². The molecule has 6 nitrogen and oxygen atoms in total. The number of hydrogen-bond donors (Lipinski definition) is 3. The highest BCUT2D eigenvalue weighted by molar-refractivity contribution is 5.73. The summed E-state index contributed by atoms with van der Waals surface area (Å²) in [6.45, 7) is 8.20. The monoisotopic (exact) mass is 583 g/mol. The summed E-state index contributed by atoms with van der Waals surface area (Å²) in [5, 5.41) is 12.8. The Morgan fingerprint density at radius 2 is 0.976 bits per heavy atom. The molecule has 0 rings (SSSR count). The molecule has 0 heterocycles. The van der Waals surface area contributed by atoms with Crippen molar-refractivity contribution in [3.05, 3.63) is 0 Å². The van der Waals surface area contributed by atoms with Gasteiger partial charge in [-0.15, -0.1) is 0 Å². The lowest BCUT2D eigenvalue weighted by Crippen LogP contribution is -2.59. The fourth-order valence-corrected chi connectivity index (χ4v) is 6.00. The molecule has 41 heavy (non-hydrogen) atoms. The molecule has 244 valence electrons. The maximum Gasteiger partial charge on any atom is 0.406 e. The lowest BCUT2D eigenvalue weighted by Gasteiger charge is -2.40. The van der Waals surface area contributed by atoms with Crippen LogP contribution >= 0.6 is 0 Å². The Balaban J connectivity index is 4.52. The van der Waals surface area contributed by atoms with Gasteiger partial charge in [0.15, 0.2) is 5.72 Å². The van der Waals surface area contributed by atoms with Crippen molar-refractivity contribution in [2.45, 2.75) is 206 Å². The van der Waals surface area contributed by atoms with Crippen molar-refractivity contribution in [2.75, 3.05) is 0 Å². The van der Waals surface area contributed by atoms with E-state index in [4.69, 9.17) is 10.5 Å². The number of aliphatic carboxylic acids is 1. The lowest BCUT2D eigenvalue weighted by molar-refractivity contribution is -0.143. The van der Waals surface area contributed by atoms with Gasteiger partial charge in [0, 0.05) is 12.3 Å². The molecular formula is C35H70N2O4. The van der Waals surface area contributed by atoms with Gasteiger partial charge >= 0.3 is 12.1 Å². The smallest absolute Gasteiger partial charge is 0.406 e. The molecule has 0 bridgehead atoms. The number of amides is 1. The highest BCUT2D eigenvalue weighted by Crippen LogP contribution is 2.31. The van der Waals surface area contributed by atoms with E-state index in [1.807, 2.05) is 0 Å². The van der Waals surface area contributed by atoms with E-state index in [1.54, 1.807) is 6.92 Å². The van der Waals surface area contributed by atoms with Crippen LogP contribution in [0.1, 0.15) is 195 Å². The number of carbonyl (C=O) groups is 2. The van der Waals surface area contributed by atoms with Gasteiger partial charge in [0.25, 0.3) is 0 Å². The van der Waals surface area contributed by atoms with Gasteiger partial charge in [-0.25, -0.2) is 4.79 Å². The molecule has 0 radical (unpaired) electrons. The summed E-state index contributed by atoms with van der Waals surface area (Å²) in [5.41, 5.74) is 4.48. The van der Waals surface area contributed by atoms with Crippen molar-refractivity contribution < 1.29 is 19.4 Å². The van der Waals surface area contributed by atoms with Crippen LogP contribution in [0.2, 0.25) is 0 Å². The Morgan fingerprint density at radius 3 is 1.32 bits per heavy atom. The molecule has 0 aliphatic heterocycles. The number of ether oxygens (including phenoxy) is 1. The molecular weight excluding hydrogens is 512 g/mol. The van der Waals surface area contributed by atoms with E-state index >= 15 is 0 Å². The van der Waals surface area contributed by atoms with E-state index in [0.29, 0.717) is 6.42 Å². The summed E-state index contributed by atoms with van der Waals surface area (Å²) in [4.78, 5) is 23.7. The number of primary amides is 1. The van der Waals surface area contributed by atoms with Crippen LogP contribution in [0.15, 0.2) is 0 Å². The standard InChI is InChI=1S/C35H70N2O4/c1-5-7-9-11-13-15-17-19-21-23-25-27-29-31(3)35(41-34(36)40,37-32(4)33(38)39)30-28-26-24-22-20-18-16-14-12-10-8-6-2/h31-32,37H,5-30H2,1-4H3,(H2,36,40)(H,38,39)/t31?,32-,35?/m0/s1. The van der Waals surface area contributed by atoms with Crippen LogP contribution in [0.4, 0.5) is 4.79 Å². The van der Waals surface area contributed by atoms with Crippen molar-refractivity contribution in [1.29, 1.82) is 0 Å². The summed E-state index contributed by atoms with van der Waals surface area (Å²) in [6, 6.07) is -0.823. The Morgan fingerprint density at radius 1 is 0.634 bits per heavy atom. The first-order valence-electron chi connectivity index (χ1n) is 17.8. The minimum atomic E-state index is -1.04. The molecule has 0 saturated heterocycles. The first-order valence-corrected chi connectivity index (χ1v) is 17.8. The van der Waals surface area contributed by atoms with Crippen LogP contribution in [0.5, 0.6) is 0 Å². The molecule has 0 aromatic carbocycles. The summed E-state index contributed by atoms with van der Waals surface area (Å²) >= 11 is 0. The normalized spacial score (nSPS) is 14.4. The number of carbonyl (C=O) groups excluding carboxylic acids is 1. The predicted molar refractivity (Wildman–Crippen MR) is 174 cm³/mol. The number of unbranched alkanes of at least 4 members (excludes halogenated alkanes) is 22. The van der Waals surface area contributed by atoms with E-state index in [2.05, 4.69) is 26.1 Å². The molecule has 4 N–H and O–H groups in total. The van der Waals surface area contributed by atoms with Crippen LogP contribution < -0.4 is 11.1 Å². The van der Waals surface area contributed by atoms with Crippen LogP contribution in [-0.2, 0) is 9.53 Å². The minimum Gasteiger partial charge on any atom is -0.480 e. The maximum atomic E-state index is 12.0. The molecule has 0 aromatic heterocycles. The summed E-state index contributed by atoms with van der Waals surface area (Å²) < 4.78 is 5.74. The molecule has 0 aromatic rings. The molecule has 0 spiro atoms. The van der Waals surface area contributed by atoms with Crippen LogP contribution in [0.3, 0.4) is 0 Å². The number of carboxylic acids is 1. The summed E-state index contributed by atoms with van der Waals surface area (Å²) in [5.74, 6) is -0.970. The SMILES string of the molecule is CCCCCCCCCCCCCCC(C)C(CCCCCCCCCCCCCC)(N[C@@H](C)C(=O)O)OC(N)=O. The number of hydrogen-bond acceptors (Lipinski definition) is 4. The zero-order valence-electron chi connectivity index (χ0n) is 27.8. The average molecular weight is 583 g/mol. The maximum absolute atomic E-state index is 12.0. The van der Waals surface area contributed by atoms with Crippen molar-refractivity contribution in [3.63, 3.8) is 0 Å². The Kier molecular flexibility index (Phi) is 26.7. The predicted octanol–water partition coefficient (Wildman–Crippen LogP) is 10.7. The zero-order chi connectivity index (χ0) is 30.6. The molecule has 0 saturated carbocycles. The third-order valence-electron chi connectivity index (χ3n) is 8.80. The van der Waals surface area contributed by atoms with Gasteiger partial charge in [0.1, 0.15) is 6.04 Å². The van der Waals surface area contributed by atoms with Crippen molar-refractivity contribution in [1.82, 2.24) is 5.32 Å². The summed E-state index contributed by atoms with van der Waals surface area (Å²) in [7, 11) is 0.